The SMILES string of the molecule is Cc1ccc(F)cc1CC1(N)CCCC(C2CC2)C1. The van der Waals surface area contributed by atoms with Gasteiger partial charge in [-0.3, -0.25) is 0 Å². The minimum Gasteiger partial charge on any atom is -0.325 e. The minimum atomic E-state index is -0.140. The first kappa shape index (κ1) is 13.1. The summed E-state index contributed by atoms with van der Waals surface area (Å²) in [6.07, 6.45) is 8.46. The molecule has 0 aliphatic heterocycles. The van der Waals surface area contributed by atoms with Crippen molar-refractivity contribution in [3.63, 3.8) is 0 Å². The maximum absolute atomic E-state index is 13.4. The highest BCUT2D eigenvalue weighted by molar-refractivity contribution is 5.28. The fourth-order valence-corrected chi connectivity index (χ4v) is 3.78. The molecule has 2 atom stereocenters. The van der Waals surface area contributed by atoms with E-state index in [1.54, 1.807) is 6.07 Å². The Morgan fingerprint density at radius 3 is 2.79 bits per heavy atom. The first-order chi connectivity index (χ1) is 9.06. The predicted molar refractivity (Wildman–Crippen MR) is 76.4 cm³/mol. The zero-order valence-electron chi connectivity index (χ0n) is 11.8. The Labute approximate surface area is 115 Å². The molecule has 2 unspecified atom stereocenters. The third kappa shape index (κ3) is 3.00. The summed E-state index contributed by atoms with van der Waals surface area (Å²) in [6.45, 7) is 2.05. The van der Waals surface area contributed by atoms with Gasteiger partial charge in [-0.05, 0) is 74.1 Å². The lowest BCUT2D eigenvalue weighted by molar-refractivity contribution is 0.204. The Balaban J connectivity index is 1.74. The van der Waals surface area contributed by atoms with E-state index in [0.29, 0.717) is 0 Å². The van der Waals surface area contributed by atoms with Gasteiger partial charge in [-0.1, -0.05) is 18.9 Å². The maximum atomic E-state index is 13.4. The van der Waals surface area contributed by atoms with Crippen LogP contribution in [0.2, 0.25) is 0 Å². The molecule has 1 aromatic rings. The molecular weight excluding hydrogens is 237 g/mol. The van der Waals surface area contributed by atoms with Gasteiger partial charge in [0.05, 0.1) is 0 Å². The zero-order valence-corrected chi connectivity index (χ0v) is 11.8. The molecule has 2 N–H and O–H groups in total. The van der Waals surface area contributed by atoms with Crippen LogP contribution in [0, 0.1) is 24.6 Å². The van der Waals surface area contributed by atoms with Gasteiger partial charge in [-0.15, -0.1) is 0 Å². The largest absolute Gasteiger partial charge is 0.325 e. The van der Waals surface area contributed by atoms with Crippen LogP contribution in [0.4, 0.5) is 4.39 Å². The molecule has 1 aromatic carbocycles. The van der Waals surface area contributed by atoms with Gasteiger partial charge in [0, 0.05) is 5.54 Å². The highest BCUT2D eigenvalue weighted by Gasteiger charge is 2.40. The van der Waals surface area contributed by atoms with E-state index in [2.05, 4.69) is 6.92 Å². The Morgan fingerprint density at radius 2 is 2.05 bits per heavy atom. The zero-order chi connectivity index (χ0) is 13.5. The number of benzene rings is 1. The van der Waals surface area contributed by atoms with Gasteiger partial charge in [-0.2, -0.15) is 0 Å². The molecule has 2 aliphatic rings. The molecule has 2 aliphatic carbocycles. The summed E-state index contributed by atoms with van der Waals surface area (Å²) in [5.41, 5.74) is 8.80. The normalized spacial score (nSPS) is 31.4. The van der Waals surface area contributed by atoms with Gasteiger partial charge >= 0.3 is 0 Å². The Kier molecular flexibility index (Phi) is 3.38. The molecule has 0 amide bonds. The average Bonchev–Trinajstić information content (AvgIpc) is 3.18. The van der Waals surface area contributed by atoms with Crippen molar-refractivity contribution in [3.8, 4) is 0 Å². The van der Waals surface area contributed by atoms with Crippen LogP contribution in [0.3, 0.4) is 0 Å². The molecule has 0 bridgehead atoms. The fraction of sp³-hybridized carbons (Fsp3) is 0.647. The van der Waals surface area contributed by atoms with Crippen LogP contribution in [0.5, 0.6) is 0 Å². The van der Waals surface area contributed by atoms with E-state index >= 15 is 0 Å². The van der Waals surface area contributed by atoms with Gasteiger partial charge in [0.15, 0.2) is 0 Å². The van der Waals surface area contributed by atoms with Gasteiger partial charge in [0.25, 0.3) is 0 Å². The molecule has 2 fully saturated rings. The summed E-state index contributed by atoms with van der Waals surface area (Å²) in [6, 6.07) is 5.08. The molecule has 0 heterocycles. The van der Waals surface area contributed by atoms with Crippen molar-refractivity contribution in [1.29, 1.82) is 0 Å². The van der Waals surface area contributed by atoms with E-state index < -0.39 is 0 Å². The van der Waals surface area contributed by atoms with Crippen LogP contribution in [0.15, 0.2) is 18.2 Å². The minimum absolute atomic E-state index is 0.107. The summed E-state index contributed by atoms with van der Waals surface area (Å²) in [4.78, 5) is 0. The summed E-state index contributed by atoms with van der Waals surface area (Å²) in [5.74, 6) is 1.63. The number of hydrogen-bond donors (Lipinski definition) is 1. The summed E-state index contributed by atoms with van der Waals surface area (Å²) < 4.78 is 13.4. The molecule has 104 valence electrons. The second-order valence-electron chi connectivity index (χ2n) is 6.80. The smallest absolute Gasteiger partial charge is 0.123 e. The third-order valence-electron chi connectivity index (χ3n) is 5.06. The lowest BCUT2D eigenvalue weighted by atomic mass is 9.71. The maximum Gasteiger partial charge on any atom is 0.123 e. The van der Waals surface area contributed by atoms with Gasteiger partial charge < -0.3 is 5.73 Å². The fourth-order valence-electron chi connectivity index (χ4n) is 3.78. The Morgan fingerprint density at radius 1 is 1.26 bits per heavy atom. The number of aryl methyl sites for hydroxylation is 1. The number of nitrogens with two attached hydrogens (primary N) is 1. The quantitative estimate of drug-likeness (QED) is 0.875. The van der Waals surface area contributed by atoms with Crippen molar-refractivity contribution in [3.05, 3.63) is 35.1 Å². The van der Waals surface area contributed by atoms with Crippen LogP contribution < -0.4 is 5.73 Å². The van der Waals surface area contributed by atoms with E-state index in [4.69, 9.17) is 5.73 Å². The molecule has 1 nitrogen and oxygen atoms in total. The molecule has 3 rings (SSSR count). The topological polar surface area (TPSA) is 26.0 Å². The number of hydrogen-bond acceptors (Lipinski definition) is 1. The Hall–Kier alpha value is -0.890. The van der Waals surface area contributed by atoms with Crippen molar-refractivity contribution in [2.24, 2.45) is 17.6 Å². The van der Waals surface area contributed by atoms with Crippen LogP contribution in [-0.2, 0) is 6.42 Å². The van der Waals surface area contributed by atoms with Crippen molar-refractivity contribution in [2.75, 3.05) is 0 Å². The van der Waals surface area contributed by atoms with E-state index in [-0.39, 0.29) is 11.4 Å². The van der Waals surface area contributed by atoms with Crippen molar-refractivity contribution in [2.45, 2.75) is 57.4 Å². The lowest BCUT2D eigenvalue weighted by Gasteiger charge is -2.39. The second-order valence-corrected chi connectivity index (χ2v) is 6.80. The summed E-state index contributed by atoms with van der Waals surface area (Å²) >= 11 is 0. The van der Waals surface area contributed by atoms with E-state index in [1.807, 2.05) is 6.07 Å². The van der Waals surface area contributed by atoms with Gasteiger partial charge in [0.1, 0.15) is 5.82 Å². The van der Waals surface area contributed by atoms with Crippen LogP contribution in [0.25, 0.3) is 0 Å². The van der Waals surface area contributed by atoms with Crippen LogP contribution in [0.1, 0.15) is 49.7 Å². The number of halogens is 1. The standard InChI is InChI=1S/C17H24FN/c1-12-4-7-16(18)9-15(12)11-17(19)8-2-3-14(10-17)13-5-6-13/h4,7,9,13-14H,2-3,5-6,8,10-11,19H2,1H3. The van der Waals surface area contributed by atoms with E-state index in [9.17, 15) is 4.39 Å². The molecule has 19 heavy (non-hydrogen) atoms. The van der Waals surface area contributed by atoms with E-state index in [0.717, 1.165) is 36.7 Å². The molecule has 2 saturated carbocycles. The highest BCUT2D eigenvalue weighted by atomic mass is 19.1. The van der Waals surface area contributed by atoms with Crippen LogP contribution >= 0.6 is 0 Å². The average molecular weight is 261 g/mol. The predicted octanol–water partition coefficient (Wildman–Crippen LogP) is 3.97. The lowest BCUT2D eigenvalue weighted by Crippen LogP contribution is -2.46. The highest BCUT2D eigenvalue weighted by Crippen LogP contribution is 2.46. The van der Waals surface area contributed by atoms with Gasteiger partial charge in [0.2, 0.25) is 0 Å². The number of rotatable bonds is 3. The first-order valence-electron chi connectivity index (χ1n) is 7.60. The molecule has 0 radical (unpaired) electrons. The molecule has 0 spiro atoms. The van der Waals surface area contributed by atoms with Crippen LogP contribution in [-0.4, -0.2) is 5.54 Å². The summed E-state index contributed by atoms with van der Waals surface area (Å²) in [5, 5.41) is 0. The summed E-state index contributed by atoms with van der Waals surface area (Å²) in [7, 11) is 0. The molecule has 2 heteroatoms. The van der Waals surface area contributed by atoms with Crippen molar-refractivity contribution < 1.29 is 4.39 Å². The molecular formula is C17H24FN. The van der Waals surface area contributed by atoms with Gasteiger partial charge in [-0.25, -0.2) is 4.39 Å². The molecule has 0 saturated heterocycles. The van der Waals surface area contributed by atoms with Crippen molar-refractivity contribution in [1.82, 2.24) is 0 Å². The molecule has 0 aromatic heterocycles. The monoisotopic (exact) mass is 261 g/mol. The third-order valence-corrected chi connectivity index (χ3v) is 5.06. The Bertz CT molecular complexity index is 466. The second kappa shape index (κ2) is 4.90. The first-order valence-corrected chi connectivity index (χ1v) is 7.60. The van der Waals surface area contributed by atoms with Crippen molar-refractivity contribution >= 4 is 0 Å². The van der Waals surface area contributed by atoms with E-state index in [1.165, 1.54) is 37.3 Å².